The number of aromatic amines is 2. The van der Waals surface area contributed by atoms with Gasteiger partial charge in [-0.2, -0.15) is 20.2 Å². The smallest absolute Gasteiger partial charge is 0.268 e. The molecule has 0 aliphatic rings. The van der Waals surface area contributed by atoms with E-state index >= 15 is 0 Å². The van der Waals surface area contributed by atoms with Gasteiger partial charge >= 0.3 is 0 Å². The van der Waals surface area contributed by atoms with E-state index < -0.39 is 6.04 Å². The molecule has 0 spiro atoms. The zero-order chi connectivity index (χ0) is 23.3. The molecular weight excluding hydrogens is 535 g/mol. The quantitative estimate of drug-likeness (QED) is 0.256. The Kier molecular flexibility index (Phi) is 5.43. The Bertz CT molecular complexity index is 1560. The first-order chi connectivity index (χ1) is 15.9. The van der Waals surface area contributed by atoms with Crippen LogP contribution in [0.2, 0.25) is 10.0 Å². The Morgan fingerprint density at radius 2 is 1.94 bits per heavy atom. The van der Waals surface area contributed by atoms with E-state index in [0.29, 0.717) is 50.1 Å². The van der Waals surface area contributed by atoms with Crippen LogP contribution in [0.15, 0.2) is 33.8 Å². The molecule has 5 rings (SSSR count). The lowest BCUT2D eigenvalue weighted by Crippen LogP contribution is -2.29. The molecule has 5 aromatic rings. The van der Waals surface area contributed by atoms with Gasteiger partial charge in [-0.1, -0.05) is 30.1 Å². The summed E-state index contributed by atoms with van der Waals surface area (Å²) in [5.41, 5.74) is 6.19. The molecule has 0 unspecified atom stereocenters. The van der Waals surface area contributed by atoms with Crippen LogP contribution in [0.25, 0.3) is 27.8 Å². The van der Waals surface area contributed by atoms with Crippen molar-refractivity contribution in [2.24, 2.45) is 0 Å². The van der Waals surface area contributed by atoms with Crippen molar-refractivity contribution in [1.82, 2.24) is 39.9 Å². The summed E-state index contributed by atoms with van der Waals surface area (Å²) in [5, 5.41) is 18.4. The molecule has 5 N–H and O–H groups in total. The maximum absolute atomic E-state index is 13.6. The molecule has 11 nitrogen and oxygen atoms in total. The highest BCUT2D eigenvalue weighted by molar-refractivity contribution is 9.10. The predicted molar refractivity (Wildman–Crippen MR) is 130 cm³/mol. The maximum atomic E-state index is 13.6. The summed E-state index contributed by atoms with van der Waals surface area (Å²) in [6.07, 6.45) is 2.08. The van der Waals surface area contributed by atoms with Crippen LogP contribution in [-0.4, -0.2) is 39.9 Å². The second-order valence-electron chi connectivity index (χ2n) is 7.08. The summed E-state index contributed by atoms with van der Waals surface area (Å²) in [6, 6.07) is 4.35. The number of aromatic nitrogens is 8. The number of rotatable bonds is 5. The molecule has 0 fully saturated rings. The van der Waals surface area contributed by atoms with Gasteiger partial charge in [0.2, 0.25) is 5.95 Å². The highest BCUT2D eigenvalue weighted by Gasteiger charge is 2.25. The molecular formula is C19H15BrCl2N10O. The molecule has 33 heavy (non-hydrogen) atoms. The van der Waals surface area contributed by atoms with Crippen LogP contribution >= 0.6 is 39.1 Å². The van der Waals surface area contributed by atoms with Crippen molar-refractivity contribution in [3.05, 3.63) is 55.2 Å². The van der Waals surface area contributed by atoms with E-state index in [2.05, 4.69) is 51.6 Å². The van der Waals surface area contributed by atoms with E-state index in [1.165, 1.54) is 4.57 Å². The van der Waals surface area contributed by atoms with Gasteiger partial charge in [0.15, 0.2) is 5.65 Å². The topological polar surface area (TPSA) is 156 Å². The Morgan fingerprint density at radius 1 is 1.15 bits per heavy atom. The number of halogens is 3. The first-order valence-electron chi connectivity index (χ1n) is 9.73. The number of nitrogen functional groups attached to an aromatic ring is 1. The van der Waals surface area contributed by atoms with Gasteiger partial charge in [0, 0.05) is 6.07 Å². The first-order valence-corrected chi connectivity index (χ1v) is 11.3. The minimum atomic E-state index is -0.486. The molecule has 4 aromatic heterocycles. The van der Waals surface area contributed by atoms with Crippen molar-refractivity contribution in [2.75, 3.05) is 11.1 Å². The van der Waals surface area contributed by atoms with Gasteiger partial charge in [-0.15, -0.1) is 0 Å². The van der Waals surface area contributed by atoms with Crippen molar-refractivity contribution in [1.29, 1.82) is 0 Å². The summed E-state index contributed by atoms with van der Waals surface area (Å²) < 4.78 is 2.01. The molecule has 0 amide bonds. The zero-order valence-electron chi connectivity index (χ0n) is 16.9. The molecule has 168 valence electrons. The molecule has 0 aliphatic heterocycles. The van der Waals surface area contributed by atoms with E-state index in [1.807, 2.05) is 6.92 Å². The third-order valence-electron chi connectivity index (χ3n) is 5.09. The van der Waals surface area contributed by atoms with Crippen LogP contribution < -0.4 is 16.6 Å². The monoisotopic (exact) mass is 548 g/mol. The molecule has 4 heterocycles. The van der Waals surface area contributed by atoms with E-state index in [1.54, 1.807) is 24.4 Å². The minimum Gasteiger partial charge on any atom is -0.368 e. The number of hydrogen-bond acceptors (Lipinski definition) is 8. The summed E-state index contributed by atoms with van der Waals surface area (Å²) >= 11 is 16.2. The lowest BCUT2D eigenvalue weighted by molar-refractivity contribution is 0.653. The first kappa shape index (κ1) is 21.6. The van der Waals surface area contributed by atoms with Gasteiger partial charge in [0.05, 0.1) is 38.6 Å². The van der Waals surface area contributed by atoms with E-state index in [4.69, 9.17) is 33.9 Å². The summed E-state index contributed by atoms with van der Waals surface area (Å²) in [7, 11) is 0. The third kappa shape index (κ3) is 3.59. The van der Waals surface area contributed by atoms with Gasteiger partial charge in [-0.25, -0.2) is 9.55 Å². The predicted octanol–water partition coefficient (Wildman–Crippen LogP) is 3.99. The van der Waals surface area contributed by atoms with Crippen molar-refractivity contribution in [3.8, 4) is 5.82 Å². The zero-order valence-corrected chi connectivity index (χ0v) is 20.0. The van der Waals surface area contributed by atoms with Gasteiger partial charge in [0.1, 0.15) is 22.1 Å². The molecule has 0 aliphatic carbocycles. The van der Waals surface area contributed by atoms with Crippen molar-refractivity contribution >= 4 is 72.8 Å². The largest absolute Gasteiger partial charge is 0.368 e. The van der Waals surface area contributed by atoms with Crippen LogP contribution in [0, 0.1) is 0 Å². The number of nitrogens with zero attached hydrogens (tertiary/aromatic N) is 6. The number of nitrogens with one attached hydrogen (secondary N) is 3. The summed E-state index contributed by atoms with van der Waals surface area (Å²) in [6.45, 7) is 1.94. The van der Waals surface area contributed by atoms with Crippen molar-refractivity contribution in [3.63, 3.8) is 0 Å². The SMILES string of the molecule is CC[C@H](Nc1nc(N)nc2n[nH]c(Br)c12)c1nc2c(Cl)ccc(Cl)c2c(=O)n1-c1ccn[nH]1. The van der Waals surface area contributed by atoms with Gasteiger partial charge < -0.3 is 11.1 Å². The molecule has 0 saturated heterocycles. The fourth-order valence-electron chi connectivity index (χ4n) is 3.60. The molecule has 1 atom stereocenters. The van der Waals surface area contributed by atoms with Gasteiger partial charge in [-0.3, -0.25) is 15.0 Å². The fraction of sp³-hybridized carbons (Fsp3) is 0.158. The van der Waals surface area contributed by atoms with Crippen LogP contribution in [0.3, 0.4) is 0 Å². The number of nitrogens with two attached hydrogens (primary N) is 1. The lowest BCUT2D eigenvalue weighted by Gasteiger charge is -2.22. The van der Waals surface area contributed by atoms with Gasteiger partial charge in [0.25, 0.3) is 5.56 Å². The second kappa shape index (κ2) is 8.28. The van der Waals surface area contributed by atoms with E-state index in [0.717, 1.165) is 0 Å². The number of hydrogen-bond donors (Lipinski definition) is 4. The molecule has 0 bridgehead atoms. The summed E-state index contributed by atoms with van der Waals surface area (Å²) in [4.78, 5) is 26.8. The molecule has 14 heteroatoms. The number of H-pyrrole nitrogens is 2. The Morgan fingerprint density at radius 3 is 2.67 bits per heavy atom. The highest BCUT2D eigenvalue weighted by Crippen LogP contribution is 2.32. The Labute approximate surface area is 203 Å². The van der Waals surface area contributed by atoms with Crippen LogP contribution in [0.1, 0.15) is 25.2 Å². The number of fused-ring (bicyclic) bond motifs is 2. The van der Waals surface area contributed by atoms with Crippen LogP contribution in [-0.2, 0) is 0 Å². The van der Waals surface area contributed by atoms with Crippen LogP contribution in [0.5, 0.6) is 0 Å². The molecule has 0 radical (unpaired) electrons. The Balaban J connectivity index is 1.77. The average molecular weight is 550 g/mol. The summed E-state index contributed by atoms with van der Waals surface area (Å²) in [5.74, 6) is 1.28. The number of benzene rings is 1. The minimum absolute atomic E-state index is 0.0473. The number of anilines is 2. The van der Waals surface area contributed by atoms with E-state index in [9.17, 15) is 4.79 Å². The second-order valence-corrected chi connectivity index (χ2v) is 8.68. The van der Waals surface area contributed by atoms with Gasteiger partial charge in [-0.05, 0) is 34.5 Å². The molecule has 0 saturated carbocycles. The normalized spacial score (nSPS) is 12.5. The average Bonchev–Trinajstić information content (AvgIpc) is 3.44. The Hall–Kier alpha value is -3.22. The standard InChI is InChI=1S/C19H15BrCl2N10O/c1-2-9(25-15-12-14(20)30-31-16(12)28-19(23)27-15)17-26-13-8(22)4-3-7(21)11(13)18(33)32(17)10-5-6-24-29-10/h3-6,9H,2H2,1H3,(H,24,29)(H4,23,25,27,28,30,31)/t9-/m0/s1. The maximum Gasteiger partial charge on any atom is 0.268 e. The van der Waals surface area contributed by atoms with Crippen molar-refractivity contribution < 1.29 is 0 Å². The fourth-order valence-corrected chi connectivity index (χ4v) is 4.49. The van der Waals surface area contributed by atoms with Crippen LogP contribution in [0.4, 0.5) is 11.8 Å². The highest BCUT2D eigenvalue weighted by atomic mass is 79.9. The van der Waals surface area contributed by atoms with E-state index in [-0.39, 0.29) is 21.9 Å². The lowest BCUT2D eigenvalue weighted by atomic mass is 10.1. The van der Waals surface area contributed by atoms with Crippen molar-refractivity contribution in [2.45, 2.75) is 19.4 Å². The third-order valence-corrected chi connectivity index (χ3v) is 6.29. The molecule has 1 aromatic carbocycles.